The molecule has 14 heavy (non-hydrogen) atoms. The van der Waals surface area contributed by atoms with E-state index in [9.17, 15) is 4.79 Å². The standard InChI is InChI=1S/C10H15N3O/c1-6(11)10(14)8-5-12-13(2)9(8)7-3-4-7/h5-7H,3-4,11H2,1-2H3. The fraction of sp³-hybridized carbons (Fsp3) is 0.600. The molecule has 2 rings (SSSR count). The summed E-state index contributed by atoms with van der Waals surface area (Å²) in [7, 11) is 1.88. The fourth-order valence-electron chi connectivity index (χ4n) is 1.72. The summed E-state index contributed by atoms with van der Waals surface area (Å²) < 4.78 is 1.80. The third-order valence-electron chi connectivity index (χ3n) is 2.63. The normalized spacial score (nSPS) is 18.2. The van der Waals surface area contributed by atoms with Gasteiger partial charge in [0.25, 0.3) is 0 Å². The highest BCUT2D eigenvalue weighted by molar-refractivity contribution is 6.00. The lowest BCUT2D eigenvalue weighted by Crippen LogP contribution is -2.27. The molecule has 1 fully saturated rings. The van der Waals surface area contributed by atoms with Gasteiger partial charge in [0.15, 0.2) is 5.78 Å². The monoisotopic (exact) mass is 193 g/mol. The number of rotatable bonds is 3. The minimum Gasteiger partial charge on any atom is -0.321 e. The van der Waals surface area contributed by atoms with Crippen molar-refractivity contribution in [2.75, 3.05) is 0 Å². The van der Waals surface area contributed by atoms with Crippen molar-refractivity contribution < 1.29 is 4.79 Å². The van der Waals surface area contributed by atoms with Gasteiger partial charge in [-0.25, -0.2) is 0 Å². The number of aromatic nitrogens is 2. The van der Waals surface area contributed by atoms with E-state index in [1.165, 1.54) is 12.8 Å². The highest BCUT2D eigenvalue weighted by Crippen LogP contribution is 2.41. The van der Waals surface area contributed by atoms with Crippen molar-refractivity contribution >= 4 is 5.78 Å². The van der Waals surface area contributed by atoms with E-state index in [0.717, 1.165) is 5.69 Å². The number of hydrogen-bond donors (Lipinski definition) is 1. The van der Waals surface area contributed by atoms with Crippen LogP contribution in [-0.4, -0.2) is 21.6 Å². The number of hydrogen-bond acceptors (Lipinski definition) is 3. The summed E-state index contributed by atoms with van der Waals surface area (Å²) in [4.78, 5) is 11.7. The Labute approximate surface area is 83.1 Å². The molecule has 1 heterocycles. The van der Waals surface area contributed by atoms with Crippen LogP contribution in [0.1, 0.15) is 41.7 Å². The molecule has 0 aromatic carbocycles. The van der Waals surface area contributed by atoms with E-state index < -0.39 is 6.04 Å². The van der Waals surface area contributed by atoms with Gasteiger partial charge in [-0.1, -0.05) is 0 Å². The molecule has 1 aliphatic rings. The van der Waals surface area contributed by atoms with Crippen LogP contribution in [0.25, 0.3) is 0 Å². The summed E-state index contributed by atoms with van der Waals surface area (Å²) >= 11 is 0. The summed E-state index contributed by atoms with van der Waals surface area (Å²) in [6.45, 7) is 1.71. The van der Waals surface area contributed by atoms with E-state index >= 15 is 0 Å². The van der Waals surface area contributed by atoms with Crippen LogP contribution in [0.5, 0.6) is 0 Å². The van der Waals surface area contributed by atoms with Crippen molar-refractivity contribution in [3.8, 4) is 0 Å². The fourth-order valence-corrected chi connectivity index (χ4v) is 1.72. The quantitative estimate of drug-likeness (QED) is 0.723. The molecule has 1 aromatic heterocycles. The zero-order valence-corrected chi connectivity index (χ0v) is 8.53. The first-order chi connectivity index (χ1) is 6.61. The Bertz CT molecular complexity index is 363. The minimum absolute atomic E-state index is 0. The first-order valence-electron chi connectivity index (χ1n) is 4.93. The molecule has 0 bridgehead atoms. The maximum Gasteiger partial charge on any atom is 0.182 e. The molecule has 0 saturated heterocycles. The number of nitrogens with two attached hydrogens (primary N) is 1. The van der Waals surface area contributed by atoms with Crippen LogP contribution < -0.4 is 5.73 Å². The van der Waals surface area contributed by atoms with E-state index in [-0.39, 0.29) is 5.78 Å². The number of ketones is 1. The van der Waals surface area contributed by atoms with Crippen LogP contribution in [-0.2, 0) is 7.05 Å². The maximum absolute atomic E-state index is 11.7. The third kappa shape index (κ3) is 1.46. The third-order valence-corrected chi connectivity index (χ3v) is 2.63. The Morgan fingerprint density at radius 3 is 2.86 bits per heavy atom. The second-order valence-corrected chi connectivity index (χ2v) is 3.99. The maximum atomic E-state index is 11.7. The van der Waals surface area contributed by atoms with Gasteiger partial charge in [0.05, 0.1) is 23.5 Å². The van der Waals surface area contributed by atoms with Crippen molar-refractivity contribution in [1.29, 1.82) is 0 Å². The van der Waals surface area contributed by atoms with Crippen molar-refractivity contribution in [2.24, 2.45) is 12.8 Å². The van der Waals surface area contributed by atoms with Gasteiger partial charge in [-0.2, -0.15) is 5.10 Å². The van der Waals surface area contributed by atoms with Gasteiger partial charge < -0.3 is 5.73 Å². The molecule has 1 unspecified atom stereocenters. The van der Waals surface area contributed by atoms with Gasteiger partial charge in [0, 0.05) is 13.0 Å². The van der Waals surface area contributed by atoms with Crippen molar-refractivity contribution in [1.82, 2.24) is 9.78 Å². The van der Waals surface area contributed by atoms with Gasteiger partial charge in [0.2, 0.25) is 0 Å². The molecule has 0 amide bonds. The number of carbonyl (C=O) groups is 1. The molecule has 4 heteroatoms. The van der Waals surface area contributed by atoms with Crippen molar-refractivity contribution in [3.05, 3.63) is 17.5 Å². The Balaban J connectivity index is 2.37. The molecule has 1 saturated carbocycles. The smallest absolute Gasteiger partial charge is 0.182 e. The highest BCUT2D eigenvalue weighted by atomic mass is 16.1. The van der Waals surface area contributed by atoms with Gasteiger partial charge in [0.1, 0.15) is 0 Å². The van der Waals surface area contributed by atoms with E-state index in [1.807, 2.05) is 7.05 Å². The van der Waals surface area contributed by atoms with E-state index in [2.05, 4.69) is 5.10 Å². The number of carbonyl (C=O) groups excluding carboxylic acids is 1. The van der Waals surface area contributed by atoms with Crippen molar-refractivity contribution in [2.45, 2.75) is 31.7 Å². The lowest BCUT2D eigenvalue weighted by atomic mass is 10.0. The highest BCUT2D eigenvalue weighted by Gasteiger charge is 2.31. The molecule has 76 valence electrons. The first kappa shape index (κ1) is 9.40. The average molecular weight is 193 g/mol. The SMILES string of the molecule is CC(N)C(=O)c1cnn(C)c1C1CC1. The lowest BCUT2D eigenvalue weighted by molar-refractivity contribution is 0.0967. The lowest BCUT2D eigenvalue weighted by Gasteiger charge is -2.05. The minimum atomic E-state index is -0.434. The Hall–Kier alpha value is -1.16. The summed E-state index contributed by atoms with van der Waals surface area (Å²) in [5.41, 5.74) is 7.36. The molecular weight excluding hydrogens is 178 g/mol. The number of aryl methyl sites for hydroxylation is 1. The van der Waals surface area contributed by atoms with Gasteiger partial charge in [-0.05, 0) is 19.8 Å². The number of Topliss-reactive ketones (excluding diaryl/α,β-unsaturated/α-hetero) is 1. The molecule has 1 aromatic rings. The molecular formula is C10H15N3O. The Morgan fingerprint density at radius 1 is 1.71 bits per heavy atom. The summed E-state index contributed by atoms with van der Waals surface area (Å²) in [6, 6.07) is -0.434. The van der Waals surface area contributed by atoms with Crippen LogP contribution >= 0.6 is 0 Å². The zero-order chi connectivity index (χ0) is 10.3. The van der Waals surface area contributed by atoms with Gasteiger partial charge in [-0.3, -0.25) is 9.48 Å². The Kier molecular flexibility index (Phi) is 2.15. The van der Waals surface area contributed by atoms with E-state index in [4.69, 9.17) is 5.73 Å². The molecule has 0 aliphatic heterocycles. The zero-order valence-electron chi connectivity index (χ0n) is 8.53. The molecule has 0 radical (unpaired) electrons. The summed E-state index contributed by atoms with van der Waals surface area (Å²) in [5.74, 6) is 0.528. The molecule has 1 atom stereocenters. The van der Waals surface area contributed by atoms with Crippen molar-refractivity contribution in [3.63, 3.8) is 0 Å². The second kappa shape index (κ2) is 3.20. The molecule has 2 N–H and O–H groups in total. The van der Waals surface area contributed by atoms with Gasteiger partial charge in [-0.15, -0.1) is 0 Å². The molecule has 1 aliphatic carbocycles. The summed E-state index contributed by atoms with van der Waals surface area (Å²) in [5, 5.41) is 4.12. The van der Waals surface area contributed by atoms with Crippen LogP contribution in [0.3, 0.4) is 0 Å². The number of nitrogens with zero attached hydrogens (tertiary/aromatic N) is 2. The second-order valence-electron chi connectivity index (χ2n) is 3.99. The average Bonchev–Trinajstić information content (AvgIpc) is 2.89. The first-order valence-corrected chi connectivity index (χ1v) is 4.93. The van der Waals surface area contributed by atoms with Crippen LogP contribution in [0.4, 0.5) is 0 Å². The Morgan fingerprint density at radius 2 is 2.36 bits per heavy atom. The predicted molar refractivity (Wildman–Crippen MR) is 53.2 cm³/mol. The van der Waals surface area contributed by atoms with Crippen LogP contribution in [0.2, 0.25) is 0 Å². The van der Waals surface area contributed by atoms with Gasteiger partial charge >= 0.3 is 0 Å². The van der Waals surface area contributed by atoms with Crippen LogP contribution in [0.15, 0.2) is 6.20 Å². The largest absolute Gasteiger partial charge is 0.321 e. The molecule has 4 nitrogen and oxygen atoms in total. The summed E-state index contributed by atoms with van der Waals surface area (Å²) in [6.07, 6.45) is 3.97. The topological polar surface area (TPSA) is 60.9 Å². The van der Waals surface area contributed by atoms with E-state index in [1.54, 1.807) is 17.8 Å². The van der Waals surface area contributed by atoms with Crippen LogP contribution in [0, 0.1) is 0 Å². The predicted octanol–water partition coefficient (Wildman–Crippen LogP) is 0.827. The molecule has 0 spiro atoms. The van der Waals surface area contributed by atoms with E-state index in [0.29, 0.717) is 11.5 Å².